The first kappa shape index (κ1) is 11.1. The van der Waals surface area contributed by atoms with Crippen LogP contribution < -0.4 is 0 Å². The Kier molecular flexibility index (Phi) is 3.73. The molecular weight excluding hydrogens is 196 g/mol. The summed E-state index contributed by atoms with van der Waals surface area (Å²) in [6.45, 7) is 2.81. The molecule has 3 heteroatoms. The minimum atomic E-state index is -1.43. The maximum Gasteiger partial charge on any atom is 0.269 e. The summed E-state index contributed by atoms with van der Waals surface area (Å²) in [6, 6.07) is 0. The van der Waals surface area contributed by atoms with Crippen LogP contribution in [0.5, 0.6) is 0 Å². The highest BCUT2D eigenvalue weighted by atomic mass is 19.3. The van der Waals surface area contributed by atoms with Crippen molar-refractivity contribution in [1.82, 2.24) is 4.90 Å². The van der Waals surface area contributed by atoms with Crippen LogP contribution in [0.3, 0.4) is 0 Å². The molecule has 15 heavy (non-hydrogen) atoms. The van der Waals surface area contributed by atoms with E-state index in [9.17, 15) is 8.78 Å². The first-order valence-corrected chi connectivity index (χ1v) is 6.01. The average Bonchev–Trinajstić information content (AvgIpc) is 2.71. The van der Waals surface area contributed by atoms with Gasteiger partial charge in [0.2, 0.25) is 0 Å². The normalized spacial score (nSPS) is 24.8. The Bertz CT molecular complexity index is 230. The number of hydrogen-bond acceptors (Lipinski definition) is 1. The third-order valence-electron chi connectivity index (χ3n) is 3.72. The Morgan fingerprint density at radius 2 is 1.73 bits per heavy atom. The van der Waals surface area contributed by atoms with E-state index in [0.717, 1.165) is 25.6 Å². The zero-order valence-electron chi connectivity index (χ0n) is 9.14. The van der Waals surface area contributed by atoms with Gasteiger partial charge in [-0.15, -0.1) is 0 Å². The van der Waals surface area contributed by atoms with Crippen molar-refractivity contribution in [1.29, 1.82) is 0 Å². The Morgan fingerprint density at radius 1 is 1.13 bits per heavy atom. The van der Waals surface area contributed by atoms with Crippen molar-refractivity contribution in [2.45, 2.75) is 38.5 Å². The van der Waals surface area contributed by atoms with Crippen molar-refractivity contribution in [3.8, 4) is 0 Å². The molecule has 0 aromatic rings. The fraction of sp³-hybridized carbons (Fsp3) is 0.833. The molecule has 1 nitrogen and oxygen atoms in total. The van der Waals surface area contributed by atoms with E-state index in [1.165, 1.54) is 25.7 Å². The average molecular weight is 215 g/mol. The first-order chi connectivity index (χ1) is 7.25. The van der Waals surface area contributed by atoms with Gasteiger partial charge in [-0.1, -0.05) is 12.8 Å². The van der Waals surface area contributed by atoms with Crippen molar-refractivity contribution in [3.63, 3.8) is 0 Å². The molecule has 2 aliphatic rings. The fourth-order valence-electron chi connectivity index (χ4n) is 2.75. The van der Waals surface area contributed by atoms with Gasteiger partial charge in [0.25, 0.3) is 6.08 Å². The van der Waals surface area contributed by atoms with Crippen molar-refractivity contribution >= 4 is 0 Å². The molecule has 1 aliphatic heterocycles. The molecule has 0 aromatic heterocycles. The van der Waals surface area contributed by atoms with Crippen molar-refractivity contribution in [2.75, 3.05) is 19.6 Å². The van der Waals surface area contributed by atoms with Gasteiger partial charge in [0.1, 0.15) is 0 Å². The van der Waals surface area contributed by atoms with Gasteiger partial charge >= 0.3 is 0 Å². The van der Waals surface area contributed by atoms with Crippen LogP contribution in [0.25, 0.3) is 0 Å². The van der Waals surface area contributed by atoms with Crippen molar-refractivity contribution in [2.24, 2.45) is 5.92 Å². The van der Waals surface area contributed by atoms with Crippen LogP contribution in [0.1, 0.15) is 38.5 Å². The summed E-state index contributed by atoms with van der Waals surface area (Å²) < 4.78 is 24.6. The lowest BCUT2D eigenvalue weighted by atomic mass is 10.0. The molecule has 0 radical (unpaired) electrons. The van der Waals surface area contributed by atoms with Crippen LogP contribution in [0.2, 0.25) is 0 Å². The summed E-state index contributed by atoms with van der Waals surface area (Å²) >= 11 is 0. The highest BCUT2D eigenvalue weighted by Gasteiger charge is 2.22. The Morgan fingerprint density at radius 3 is 2.27 bits per heavy atom. The minimum Gasteiger partial charge on any atom is -0.302 e. The van der Waals surface area contributed by atoms with Crippen LogP contribution >= 0.6 is 0 Å². The van der Waals surface area contributed by atoms with E-state index in [0.29, 0.717) is 18.4 Å². The van der Waals surface area contributed by atoms with Gasteiger partial charge in [-0.2, -0.15) is 8.78 Å². The molecule has 0 amide bonds. The molecule has 1 saturated carbocycles. The van der Waals surface area contributed by atoms with Crippen molar-refractivity contribution < 1.29 is 8.78 Å². The second-order valence-electron chi connectivity index (χ2n) is 4.82. The second-order valence-corrected chi connectivity index (χ2v) is 4.82. The van der Waals surface area contributed by atoms with Gasteiger partial charge in [0, 0.05) is 19.6 Å². The SMILES string of the molecule is FC(F)=C1CCN(CC2CCCC2)CC1. The lowest BCUT2D eigenvalue weighted by molar-refractivity contribution is 0.212. The van der Waals surface area contributed by atoms with Gasteiger partial charge in [0.15, 0.2) is 0 Å². The quantitative estimate of drug-likeness (QED) is 0.682. The second kappa shape index (κ2) is 5.06. The van der Waals surface area contributed by atoms with Crippen LogP contribution in [0.15, 0.2) is 11.7 Å². The van der Waals surface area contributed by atoms with E-state index in [1.807, 2.05) is 0 Å². The van der Waals surface area contributed by atoms with Crippen LogP contribution in [-0.2, 0) is 0 Å². The number of hydrogen-bond donors (Lipinski definition) is 0. The maximum atomic E-state index is 12.3. The summed E-state index contributed by atoms with van der Waals surface area (Å²) in [4.78, 5) is 2.36. The van der Waals surface area contributed by atoms with E-state index in [2.05, 4.69) is 4.90 Å². The molecule has 0 bridgehead atoms. The van der Waals surface area contributed by atoms with Gasteiger partial charge in [-0.05, 0) is 37.2 Å². The Labute approximate surface area is 90.1 Å². The molecule has 1 heterocycles. The van der Waals surface area contributed by atoms with E-state index in [1.54, 1.807) is 0 Å². The van der Waals surface area contributed by atoms with E-state index in [4.69, 9.17) is 0 Å². The van der Waals surface area contributed by atoms with Gasteiger partial charge in [-0.25, -0.2) is 0 Å². The zero-order chi connectivity index (χ0) is 10.7. The predicted octanol–water partition coefficient (Wildman–Crippen LogP) is 3.42. The van der Waals surface area contributed by atoms with Gasteiger partial charge in [0.05, 0.1) is 0 Å². The van der Waals surface area contributed by atoms with Crippen LogP contribution in [-0.4, -0.2) is 24.5 Å². The molecule has 0 N–H and O–H groups in total. The molecule has 1 saturated heterocycles. The Balaban J connectivity index is 1.76. The monoisotopic (exact) mass is 215 g/mol. The molecule has 0 unspecified atom stereocenters. The van der Waals surface area contributed by atoms with E-state index >= 15 is 0 Å². The number of nitrogens with zero attached hydrogens (tertiary/aromatic N) is 1. The first-order valence-electron chi connectivity index (χ1n) is 6.01. The number of piperidine rings is 1. The molecule has 2 fully saturated rings. The summed E-state index contributed by atoms with van der Waals surface area (Å²) in [5, 5.41) is 0. The Hall–Kier alpha value is -0.440. The predicted molar refractivity (Wildman–Crippen MR) is 56.9 cm³/mol. The highest BCUT2D eigenvalue weighted by molar-refractivity contribution is 5.06. The van der Waals surface area contributed by atoms with Gasteiger partial charge in [-0.3, -0.25) is 0 Å². The molecule has 0 atom stereocenters. The minimum absolute atomic E-state index is 0.387. The van der Waals surface area contributed by atoms with Crippen LogP contribution in [0, 0.1) is 5.92 Å². The maximum absolute atomic E-state index is 12.3. The molecule has 2 rings (SSSR count). The standard InChI is InChI=1S/C12H19F2N/c13-12(14)11-5-7-15(8-6-11)9-10-3-1-2-4-10/h10H,1-9H2. The third kappa shape index (κ3) is 3.00. The molecule has 86 valence electrons. The van der Waals surface area contributed by atoms with Gasteiger partial charge < -0.3 is 4.90 Å². The van der Waals surface area contributed by atoms with Crippen molar-refractivity contribution in [3.05, 3.63) is 11.7 Å². The van der Waals surface area contributed by atoms with E-state index < -0.39 is 6.08 Å². The molecule has 0 aromatic carbocycles. The lowest BCUT2D eigenvalue weighted by Crippen LogP contribution is -2.34. The topological polar surface area (TPSA) is 3.24 Å². The van der Waals surface area contributed by atoms with Crippen LogP contribution in [0.4, 0.5) is 8.78 Å². The smallest absolute Gasteiger partial charge is 0.269 e. The molecule has 1 aliphatic carbocycles. The lowest BCUT2D eigenvalue weighted by Gasteiger charge is -2.29. The fourth-order valence-corrected chi connectivity index (χ4v) is 2.75. The summed E-state index contributed by atoms with van der Waals surface area (Å²) in [5.74, 6) is 0.839. The largest absolute Gasteiger partial charge is 0.302 e. The highest BCUT2D eigenvalue weighted by Crippen LogP contribution is 2.28. The number of halogens is 2. The molecule has 0 spiro atoms. The summed E-state index contributed by atoms with van der Waals surface area (Å²) in [7, 11) is 0. The summed E-state index contributed by atoms with van der Waals surface area (Å²) in [5.41, 5.74) is 0.387. The van der Waals surface area contributed by atoms with E-state index in [-0.39, 0.29) is 0 Å². The zero-order valence-corrected chi connectivity index (χ0v) is 9.14. The third-order valence-corrected chi connectivity index (χ3v) is 3.72. The number of rotatable bonds is 2. The molecular formula is C12H19F2N. The number of likely N-dealkylation sites (tertiary alicyclic amines) is 1. The summed E-state index contributed by atoms with van der Waals surface area (Å²) in [6.07, 6.45) is 5.14.